The number of aryl methyl sites for hydroxylation is 1. The molecule has 2 aromatic carbocycles. The summed E-state index contributed by atoms with van der Waals surface area (Å²) >= 11 is 0. The van der Waals surface area contributed by atoms with Gasteiger partial charge < -0.3 is 15.0 Å². The van der Waals surface area contributed by atoms with Crippen LogP contribution in [0.4, 0.5) is 0 Å². The van der Waals surface area contributed by atoms with Gasteiger partial charge in [0.25, 0.3) is 5.56 Å². The monoisotopic (exact) mass is 475 g/mol. The average Bonchev–Trinajstić information content (AvgIpc) is 2.87. The number of nitrogens with one attached hydrogen (secondary N) is 1. The summed E-state index contributed by atoms with van der Waals surface area (Å²) in [5.41, 5.74) is -0.189. The maximum Gasteiger partial charge on any atom is 0.335 e. The highest BCUT2D eigenvalue weighted by atomic mass is 16.4. The van der Waals surface area contributed by atoms with Crippen LogP contribution in [0.3, 0.4) is 0 Å². The lowest BCUT2D eigenvalue weighted by molar-refractivity contribution is -0.146. The van der Waals surface area contributed by atoms with Gasteiger partial charge in [-0.1, -0.05) is 30.3 Å². The summed E-state index contributed by atoms with van der Waals surface area (Å²) in [6.45, 7) is 0. The van der Waals surface area contributed by atoms with Crippen LogP contribution < -0.4 is 16.6 Å². The molecule has 3 saturated carbocycles. The Kier molecular flexibility index (Phi) is 5.83. The number of carbonyl (C=O) groups excluding carboxylic acids is 1. The number of hydrogen-bond acceptors (Lipinski definition) is 4. The van der Waals surface area contributed by atoms with Gasteiger partial charge in [-0.25, -0.2) is 14.2 Å². The molecule has 3 fully saturated rings. The molecule has 2 N–H and O–H groups in total. The first kappa shape index (κ1) is 23.1. The van der Waals surface area contributed by atoms with E-state index in [1.807, 2.05) is 12.1 Å². The quantitative estimate of drug-likeness (QED) is 0.570. The number of amides is 1. The minimum absolute atomic E-state index is 0.0995. The van der Waals surface area contributed by atoms with Gasteiger partial charge in [0.15, 0.2) is 0 Å². The lowest BCUT2D eigenvalue weighted by Crippen LogP contribution is -2.52. The van der Waals surface area contributed by atoms with Crippen molar-refractivity contribution in [3.63, 3.8) is 0 Å². The molecular formula is C27H29N3O5. The third-order valence-corrected chi connectivity index (χ3v) is 7.99. The molecule has 3 aromatic rings. The SMILES string of the molecule is Cn1ccc(=O)n(-c2cccc3c(C[C@H](NC(=O)C45CCC(CC4)CC5)C(=O)O)cccc23)c1=O. The van der Waals surface area contributed by atoms with Gasteiger partial charge in [0, 0.05) is 36.5 Å². The molecule has 35 heavy (non-hydrogen) atoms. The van der Waals surface area contributed by atoms with E-state index in [0.29, 0.717) is 17.0 Å². The molecule has 3 aliphatic rings. The second-order valence-corrected chi connectivity index (χ2v) is 10.0. The van der Waals surface area contributed by atoms with Crippen LogP contribution in [0.2, 0.25) is 0 Å². The number of carboxylic acid groups (broad SMARTS) is 1. The van der Waals surface area contributed by atoms with Crippen molar-refractivity contribution < 1.29 is 14.7 Å². The highest BCUT2D eigenvalue weighted by Crippen LogP contribution is 2.50. The molecule has 1 aromatic heterocycles. The van der Waals surface area contributed by atoms with E-state index in [0.717, 1.165) is 54.0 Å². The molecule has 1 amide bonds. The summed E-state index contributed by atoms with van der Waals surface area (Å²) in [6.07, 6.45) is 7.12. The number of nitrogens with zero attached hydrogens (tertiary/aromatic N) is 2. The van der Waals surface area contributed by atoms with Gasteiger partial charge in [-0.2, -0.15) is 0 Å². The molecule has 0 unspecified atom stereocenters. The van der Waals surface area contributed by atoms with Gasteiger partial charge in [0.1, 0.15) is 6.04 Å². The largest absolute Gasteiger partial charge is 0.480 e. The Morgan fingerprint density at radius 1 is 1.03 bits per heavy atom. The Bertz CT molecular complexity index is 1410. The van der Waals surface area contributed by atoms with E-state index in [9.17, 15) is 24.3 Å². The Balaban J connectivity index is 1.49. The number of rotatable bonds is 6. The Morgan fingerprint density at radius 3 is 2.37 bits per heavy atom. The van der Waals surface area contributed by atoms with Crippen LogP contribution in [-0.2, 0) is 23.1 Å². The zero-order valence-corrected chi connectivity index (χ0v) is 19.7. The summed E-state index contributed by atoms with van der Waals surface area (Å²) in [6, 6.07) is 11.0. The van der Waals surface area contributed by atoms with Crippen LogP contribution >= 0.6 is 0 Å². The molecule has 0 spiro atoms. The van der Waals surface area contributed by atoms with Crippen LogP contribution in [0, 0.1) is 11.3 Å². The molecule has 0 aliphatic heterocycles. The fourth-order valence-electron chi connectivity index (χ4n) is 5.84. The molecule has 1 atom stereocenters. The Labute approximate surface area is 202 Å². The first-order valence-electron chi connectivity index (χ1n) is 12.1. The smallest absolute Gasteiger partial charge is 0.335 e. The normalized spacial score (nSPS) is 22.1. The van der Waals surface area contributed by atoms with Gasteiger partial charge in [0.05, 0.1) is 5.69 Å². The number of fused-ring (bicyclic) bond motifs is 4. The lowest BCUT2D eigenvalue weighted by Gasteiger charge is -2.45. The number of carboxylic acids is 1. The first-order valence-corrected chi connectivity index (χ1v) is 12.1. The van der Waals surface area contributed by atoms with E-state index >= 15 is 0 Å². The summed E-state index contributed by atoms with van der Waals surface area (Å²) in [4.78, 5) is 50.7. The van der Waals surface area contributed by atoms with E-state index in [4.69, 9.17) is 0 Å². The molecule has 8 nitrogen and oxygen atoms in total. The molecule has 0 radical (unpaired) electrons. The van der Waals surface area contributed by atoms with E-state index in [1.165, 1.54) is 16.8 Å². The first-order chi connectivity index (χ1) is 16.8. The minimum atomic E-state index is -1.08. The van der Waals surface area contributed by atoms with Crippen molar-refractivity contribution in [1.82, 2.24) is 14.5 Å². The maximum absolute atomic E-state index is 13.2. The number of aromatic nitrogens is 2. The number of carbonyl (C=O) groups is 2. The van der Waals surface area contributed by atoms with E-state index in [-0.39, 0.29) is 12.3 Å². The van der Waals surface area contributed by atoms with Crippen LogP contribution in [0.1, 0.15) is 44.1 Å². The second kappa shape index (κ2) is 8.83. The predicted octanol–water partition coefficient (Wildman–Crippen LogP) is 2.77. The van der Waals surface area contributed by atoms with Crippen LogP contribution in [0.5, 0.6) is 0 Å². The van der Waals surface area contributed by atoms with Crippen LogP contribution in [0.15, 0.2) is 58.3 Å². The van der Waals surface area contributed by atoms with Gasteiger partial charge in [0.2, 0.25) is 5.91 Å². The Morgan fingerprint density at radius 2 is 1.69 bits per heavy atom. The standard InChI is InChI=1S/C27H29N3O5/c1-29-15-11-23(31)30(26(29)35)22-7-3-5-19-18(4-2-6-20(19)22)16-21(24(32)33)28-25(34)27-12-8-17(9-13-27)10-14-27/h2-7,11,15,17,21H,8-10,12-14,16H2,1H3,(H,28,34)(H,32,33)/t17?,21-,27?/m0/s1. The van der Waals surface area contributed by atoms with Crippen LogP contribution in [-0.4, -0.2) is 32.2 Å². The number of hydrogen-bond donors (Lipinski definition) is 2. The summed E-state index contributed by atoms with van der Waals surface area (Å²) in [5, 5.41) is 14.2. The van der Waals surface area contributed by atoms with E-state index in [2.05, 4.69) is 5.32 Å². The molecule has 182 valence electrons. The fraction of sp³-hybridized carbons (Fsp3) is 0.407. The van der Waals surface area contributed by atoms with Crippen molar-refractivity contribution >= 4 is 22.6 Å². The number of aliphatic carboxylic acids is 1. The molecule has 8 heteroatoms. The van der Waals surface area contributed by atoms with Crippen LogP contribution in [0.25, 0.3) is 16.5 Å². The van der Waals surface area contributed by atoms with Crippen molar-refractivity contribution in [3.05, 3.63) is 75.1 Å². The van der Waals surface area contributed by atoms with E-state index < -0.39 is 28.7 Å². The molecule has 6 rings (SSSR count). The van der Waals surface area contributed by atoms with Crippen molar-refractivity contribution in [1.29, 1.82) is 0 Å². The highest BCUT2D eigenvalue weighted by Gasteiger charge is 2.46. The summed E-state index contributed by atoms with van der Waals surface area (Å²) in [7, 11) is 1.58. The second-order valence-electron chi connectivity index (χ2n) is 10.0. The third kappa shape index (κ3) is 4.07. The van der Waals surface area contributed by atoms with Gasteiger partial charge in [-0.3, -0.25) is 9.59 Å². The molecule has 2 bridgehead atoms. The van der Waals surface area contributed by atoms with E-state index in [1.54, 1.807) is 31.3 Å². The summed E-state index contributed by atoms with van der Waals surface area (Å²) < 4.78 is 2.44. The zero-order chi connectivity index (χ0) is 24.7. The van der Waals surface area contributed by atoms with Gasteiger partial charge in [-0.15, -0.1) is 0 Å². The molecule has 3 aliphatic carbocycles. The van der Waals surface area contributed by atoms with Gasteiger partial charge >= 0.3 is 11.7 Å². The fourth-order valence-corrected chi connectivity index (χ4v) is 5.84. The lowest BCUT2D eigenvalue weighted by atomic mass is 9.60. The predicted molar refractivity (Wildman–Crippen MR) is 132 cm³/mol. The van der Waals surface area contributed by atoms with Crippen molar-refractivity contribution in [2.24, 2.45) is 18.4 Å². The molecule has 0 saturated heterocycles. The van der Waals surface area contributed by atoms with Crippen molar-refractivity contribution in [2.75, 3.05) is 0 Å². The number of benzene rings is 2. The minimum Gasteiger partial charge on any atom is -0.480 e. The topological polar surface area (TPSA) is 110 Å². The van der Waals surface area contributed by atoms with Gasteiger partial charge in [-0.05, 0) is 61.5 Å². The third-order valence-electron chi connectivity index (χ3n) is 7.99. The summed E-state index contributed by atoms with van der Waals surface area (Å²) in [5.74, 6) is -0.525. The van der Waals surface area contributed by atoms with Crippen molar-refractivity contribution in [2.45, 2.75) is 51.0 Å². The zero-order valence-electron chi connectivity index (χ0n) is 19.7. The average molecular weight is 476 g/mol. The van der Waals surface area contributed by atoms with Crippen molar-refractivity contribution in [3.8, 4) is 5.69 Å². The maximum atomic E-state index is 13.2. The highest BCUT2D eigenvalue weighted by molar-refractivity contribution is 5.93. The molecule has 1 heterocycles. The Hall–Kier alpha value is -3.68. The molecular weight excluding hydrogens is 446 g/mol.